The number of hydrogen-bond acceptors (Lipinski definition) is 3. The van der Waals surface area contributed by atoms with Crippen molar-refractivity contribution in [2.45, 2.75) is 6.43 Å². The van der Waals surface area contributed by atoms with Crippen molar-refractivity contribution in [1.29, 1.82) is 0 Å². The van der Waals surface area contributed by atoms with E-state index in [1.54, 1.807) is 45.2 Å². The maximum atomic E-state index is 12.3. The number of rotatable bonds is 2. The van der Waals surface area contributed by atoms with Gasteiger partial charge in [-0.1, -0.05) is 0 Å². The summed E-state index contributed by atoms with van der Waals surface area (Å²) in [4.78, 5) is 13.0. The number of halogens is 4. The van der Waals surface area contributed by atoms with E-state index >= 15 is 0 Å². The SMILES string of the molecule is O=[N+]([O-])c1c(C(F)F)ncc(I)c1I. The molecule has 0 amide bonds. The summed E-state index contributed by atoms with van der Waals surface area (Å²) in [6.07, 6.45) is -1.74. The summed E-state index contributed by atoms with van der Waals surface area (Å²) in [5.74, 6) is 0. The maximum Gasteiger partial charge on any atom is 0.310 e. The van der Waals surface area contributed by atoms with Crippen molar-refractivity contribution in [3.8, 4) is 0 Å². The summed E-state index contributed by atoms with van der Waals surface area (Å²) in [6.45, 7) is 0. The first kappa shape index (κ1) is 11.9. The molecule has 1 aromatic heterocycles. The van der Waals surface area contributed by atoms with Crippen LogP contribution in [0.5, 0.6) is 0 Å². The number of pyridine rings is 1. The Morgan fingerprint density at radius 3 is 2.50 bits per heavy atom. The van der Waals surface area contributed by atoms with Gasteiger partial charge in [0.05, 0.1) is 8.49 Å². The van der Waals surface area contributed by atoms with E-state index in [0.717, 1.165) is 0 Å². The van der Waals surface area contributed by atoms with Crippen molar-refractivity contribution < 1.29 is 13.7 Å². The molecule has 0 radical (unpaired) electrons. The van der Waals surface area contributed by atoms with E-state index in [2.05, 4.69) is 4.98 Å². The normalized spacial score (nSPS) is 10.6. The molecule has 1 aromatic rings. The quantitative estimate of drug-likeness (QED) is 0.415. The number of aromatic nitrogens is 1. The first-order chi connectivity index (χ1) is 6.45. The fourth-order valence-corrected chi connectivity index (χ4v) is 1.81. The van der Waals surface area contributed by atoms with E-state index in [-0.39, 0.29) is 3.57 Å². The molecule has 0 bridgehead atoms. The van der Waals surface area contributed by atoms with Crippen molar-refractivity contribution in [1.82, 2.24) is 4.98 Å². The highest BCUT2D eigenvalue weighted by Gasteiger charge is 2.27. The first-order valence-electron chi connectivity index (χ1n) is 3.21. The van der Waals surface area contributed by atoms with Gasteiger partial charge in [0, 0.05) is 6.20 Å². The van der Waals surface area contributed by atoms with Crippen LogP contribution in [0.2, 0.25) is 0 Å². The molecule has 0 aliphatic heterocycles. The zero-order chi connectivity index (χ0) is 10.9. The van der Waals surface area contributed by atoms with Crippen molar-refractivity contribution in [3.05, 3.63) is 29.1 Å². The molecule has 0 atom stereocenters. The second kappa shape index (κ2) is 4.59. The molecule has 0 saturated heterocycles. The molecular formula is C6H2F2I2N2O2. The molecule has 1 rings (SSSR count). The van der Waals surface area contributed by atoms with Crippen molar-refractivity contribution in [2.24, 2.45) is 0 Å². The summed E-state index contributed by atoms with van der Waals surface area (Å²) in [7, 11) is 0. The Kier molecular flexibility index (Phi) is 3.92. The molecule has 0 fully saturated rings. The van der Waals surface area contributed by atoms with Gasteiger partial charge in [0.1, 0.15) is 3.57 Å². The van der Waals surface area contributed by atoms with E-state index < -0.39 is 22.7 Å². The van der Waals surface area contributed by atoms with Crippen LogP contribution in [0.1, 0.15) is 12.1 Å². The van der Waals surface area contributed by atoms with Gasteiger partial charge in [0.25, 0.3) is 6.43 Å². The molecular weight excluding hydrogens is 424 g/mol. The van der Waals surface area contributed by atoms with E-state index in [1.807, 2.05) is 0 Å². The van der Waals surface area contributed by atoms with Crippen LogP contribution < -0.4 is 0 Å². The summed E-state index contributed by atoms with van der Waals surface area (Å²) in [6, 6.07) is 0. The third kappa shape index (κ3) is 2.27. The van der Waals surface area contributed by atoms with Crippen LogP contribution in [-0.2, 0) is 0 Å². The van der Waals surface area contributed by atoms with Crippen LogP contribution in [0.25, 0.3) is 0 Å². The lowest BCUT2D eigenvalue weighted by Gasteiger charge is -2.03. The predicted octanol–water partition coefficient (Wildman–Crippen LogP) is 3.14. The lowest BCUT2D eigenvalue weighted by molar-refractivity contribution is -0.387. The van der Waals surface area contributed by atoms with Gasteiger partial charge >= 0.3 is 5.69 Å². The van der Waals surface area contributed by atoms with Gasteiger partial charge < -0.3 is 0 Å². The minimum Gasteiger partial charge on any atom is -0.258 e. The highest BCUT2D eigenvalue weighted by atomic mass is 127. The summed E-state index contributed by atoms with van der Waals surface area (Å²) in [5, 5.41) is 10.5. The van der Waals surface area contributed by atoms with E-state index in [1.165, 1.54) is 6.20 Å². The number of alkyl halides is 2. The summed E-state index contributed by atoms with van der Waals surface area (Å²) in [5.41, 5.74) is -1.38. The number of hydrogen-bond donors (Lipinski definition) is 0. The Balaban J connectivity index is 3.45. The van der Waals surface area contributed by atoms with Gasteiger partial charge in [-0.2, -0.15) is 0 Å². The second-order valence-corrected chi connectivity index (χ2v) is 4.45. The average molecular weight is 426 g/mol. The molecule has 0 N–H and O–H groups in total. The third-order valence-corrected chi connectivity index (χ3v) is 4.31. The highest BCUT2D eigenvalue weighted by Crippen LogP contribution is 2.33. The Morgan fingerprint density at radius 1 is 1.50 bits per heavy atom. The Hall–Kier alpha value is -0.130. The van der Waals surface area contributed by atoms with E-state index in [0.29, 0.717) is 3.57 Å². The third-order valence-electron chi connectivity index (χ3n) is 1.37. The van der Waals surface area contributed by atoms with Crippen LogP contribution in [-0.4, -0.2) is 9.91 Å². The fourth-order valence-electron chi connectivity index (χ4n) is 0.803. The molecule has 0 aliphatic rings. The topological polar surface area (TPSA) is 56.0 Å². The molecule has 14 heavy (non-hydrogen) atoms. The zero-order valence-electron chi connectivity index (χ0n) is 6.38. The van der Waals surface area contributed by atoms with Gasteiger partial charge in [0.2, 0.25) is 0 Å². The highest BCUT2D eigenvalue weighted by molar-refractivity contribution is 14.1. The lowest BCUT2D eigenvalue weighted by Crippen LogP contribution is -2.03. The van der Waals surface area contributed by atoms with Crippen LogP contribution in [0.4, 0.5) is 14.5 Å². The molecule has 0 saturated carbocycles. The monoisotopic (exact) mass is 426 g/mol. The van der Waals surface area contributed by atoms with Gasteiger partial charge in [-0.15, -0.1) is 0 Å². The summed E-state index contributed by atoms with van der Waals surface area (Å²) < 4.78 is 25.3. The Morgan fingerprint density at radius 2 is 2.07 bits per heavy atom. The number of nitrogens with zero attached hydrogens (tertiary/aromatic N) is 2. The van der Waals surface area contributed by atoms with Crippen LogP contribution in [0.3, 0.4) is 0 Å². The average Bonchev–Trinajstić information content (AvgIpc) is 2.08. The Labute approximate surface area is 105 Å². The standard InChI is InChI=1S/C6H2F2I2N2O2/c7-6(8)4-5(12(13)14)3(10)2(9)1-11-4/h1,6H. The van der Waals surface area contributed by atoms with Gasteiger partial charge in [-0.25, -0.2) is 13.8 Å². The fraction of sp³-hybridized carbons (Fsp3) is 0.167. The lowest BCUT2D eigenvalue weighted by atomic mass is 10.3. The minimum atomic E-state index is -2.93. The predicted molar refractivity (Wildman–Crippen MR) is 61.3 cm³/mol. The molecule has 0 aromatic carbocycles. The first-order valence-corrected chi connectivity index (χ1v) is 5.37. The molecule has 0 unspecified atom stereocenters. The van der Waals surface area contributed by atoms with Gasteiger partial charge in [0.15, 0.2) is 5.69 Å². The molecule has 8 heteroatoms. The van der Waals surface area contributed by atoms with Crippen LogP contribution in [0.15, 0.2) is 6.20 Å². The van der Waals surface area contributed by atoms with E-state index in [4.69, 9.17) is 0 Å². The van der Waals surface area contributed by atoms with Crippen molar-refractivity contribution in [2.75, 3.05) is 0 Å². The molecule has 0 aliphatic carbocycles. The smallest absolute Gasteiger partial charge is 0.258 e. The maximum absolute atomic E-state index is 12.3. The van der Waals surface area contributed by atoms with Gasteiger partial charge in [-0.3, -0.25) is 10.1 Å². The van der Waals surface area contributed by atoms with Crippen LogP contribution >= 0.6 is 45.2 Å². The molecule has 76 valence electrons. The number of nitro groups is 1. The molecule has 0 spiro atoms. The minimum absolute atomic E-state index is 0.193. The zero-order valence-corrected chi connectivity index (χ0v) is 10.7. The Bertz CT molecular complexity index is 386. The van der Waals surface area contributed by atoms with Crippen molar-refractivity contribution in [3.63, 3.8) is 0 Å². The molecule has 4 nitrogen and oxygen atoms in total. The van der Waals surface area contributed by atoms with Crippen molar-refractivity contribution >= 4 is 50.9 Å². The molecule has 1 heterocycles. The van der Waals surface area contributed by atoms with Gasteiger partial charge in [-0.05, 0) is 45.2 Å². The van der Waals surface area contributed by atoms with Crippen LogP contribution in [0, 0.1) is 17.3 Å². The largest absolute Gasteiger partial charge is 0.310 e. The second-order valence-electron chi connectivity index (χ2n) is 2.21. The van der Waals surface area contributed by atoms with E-state index in [9.17, 15) is 18.9 Å². The summed E-state index contributed by atoms with van der Waals surface area (Å²) >= 11 is 3.46.